The topological polar surface area (TPSA) is 49.6 Å². The lowest BCUT2D eigenvalue weighted by Gasteiger charge is -2.26. The van der Waals surface area contributed by atoms with Crippen LogP contribution in [0.3, 0.4) is 0 Å². The van der Waals surface area contributed by atoms with Gasteiger partial charge in [0.2, 0.25) is 0 Å². The lowest BCUT2D eigenvalue weighted by molar-refractivity contribution is 0.250. The van der Waals surface area contributed by atoms with Gasteiger partial charge < -0.3 is 10.6 Å². The van der Waals surface area contributed by atoms with E-state index in [-0.39, 0.29) is 0 Å². The molecule has 0 atom stereocenters. The van der Waals surface area contributed by atoms with Crippen molar-refractivity contribution in [3.05, 3.63) is 66.2 Å². The first-order chi connectivity index (χ1) is 11.2. The minimum absolute atomic E-state index is 0.407. The third-order valence-electron chi connectivity index (χ3n) is 3.98. The molecule has 4 heteroatoms. The van der Waals surface area contributed by atoms with E-state index in [4.69, 9.17) is 5.73 Å². The van der Waals surface area contributed by atoms with Crippen molar-refractivity contribution >= 4 is 11.7 Å². The van der Waals surface area contributed by atoms with Crippen LogP contribution in [0.15, 0.2) is 60.7 Å². The number of primary amides is 1. The van der Waals surface area contributed by atoms with Crippen LogP contribution in [0.25, 0.3) is 0 Å². The maximum Gasteiger partial charge on any atom is 0.319 e. The molecule has 0 heterocycles. The number of hydrogen-bond acceptors (Lipinski definition) is 2. The molecule has 0 fully saturated rings. The summed E-state index contributed by atoms with van der Waals surface area (Å²) in [5.74, 6) is 0. The van der Waals surface area contributed by atoms with Crippen LogP contribution in [0.1, 0.15) is 12.5 Å². The van der Waals surface area contributed by atoms with Crippen molar-refractivity contribution in [2.45, 2.75) is 13.3 Å². The van der Waals surface area contributed by atoms with Gasteiger partial charge in [-0.3, -0.25) is 4.90 Å². The van der Waals surface area contributed by atoms with Gasteiger partial charge in [-0.2, -0.15) is 0 Å². The second kappa shape index (κ2) is 8.96. The fourth-order valence-corrected chi connectivity index (χ4v) is 2.58. The molecule has 2 aromatic carbocycles. The highest BCUT2D eigenvalue weighted by Crippen LogP contribution is 2.12. The molecule has 0 aliphatic heterocycles. The zero-order valence-electron chi connectivity index (χ0n) is 13.7. The number of benzene rings is 2. The Morgan fingerprint density at radius 1 is 0.913 bits per heavy atom. The smallest absolute Gasteiger partial charge is 0.319 e. The van der Waals surface area contributed by atoms with Crippen LogP contribution in [-0.4, -0.2) is 37.1 Å². The molecule has 0 saturated carbocycles. The van der Waals surface area contributed by atoms with Gasteiger partial charge in [-0.15, -0.1) is 0 Å². The van der Waals surface area contributed by atoms with Gasteiger partial charge in [-0.25, -0.2) is 4.79 Å². The lowest BCUT2D eigenvalue weighted by Crippen LogP contribution is -2.42. The van der Waals surface area contributed by atoms with E-state index in [1.165, 1.54) is 5.56 Å². The average Bonchev–Trinajstić information content (AvgIpc) is 2.59. The molecule has 0 unspecified atom stereocenters. The van der Waals surface area contributed by atoms with E-state index in [0.717, 1.165) is 31.7 Å². The lowest BCUT2D eigenvalue weighted by atomic mass is 10.1. The monoisotopic (exact) mass is 311 g/mol. The van der Waals surface area contributed by atoms with Crippen molar-refractivity contribution < 1.29 is 4.79 Å². The number of para-hydroxylation sites is 1. The first-order valence-electron chi connectivity index (χ1n) is 8.09. The second-order valence-electron chi connectivity index (χ2n) is 5.50. The number of nitrogens with zero attached hydrogens (tertiary/aromatic N) is 2. The number of rotatable bonds is 8. The molecular formula is C19H25N3O. The van der Waals surface area contributed by atoms with Crippen molar-refractivity contribution in [2.75, 3.05) is 31.1 Å². The van der Waals surface area contributed by atoms with Crippen LogP contribution in [0.5, 0.6) is 0 Å². The number of urea groups is 1. The Morgan fingerprint density at radius 2 is 1.52 bits per heavy atom. The number of carbonyl (C=O) groups excluding carboxylic acids is 1. The molecule has 23 heavy (non-hydrogen) atoms. The summed E-state index contributed by atoms with van der Waals surface area (Å²) < 4.78 is 0. The van der Waals surface area contributed by atoms with Gasteiger partial charge in [0.15, 0.2) is 0 Å². The van der Waals surface area contributed by atoms with E-state index in [2.05, 4.69) is 36.1 Å². The normalized spacial score (nSPS) is 10.7. The number of nitrogens with two attached hydrogens (primary N) is 1. The van der Waals surface area contributed by atoms with Crippen molar-refractivity contribution in [3.63, 3.8) is 0 Å². The molecule has 0 radical (unpaired) electrons. The molecule has 2 N–H and O–H groups in total. The summed E-state index contributed by atoms with van der Waals surface area (Å²) >= 11 is 0. The van der Waals surface area contributed by atoms with Crippen LogP contribution < -0.4 is 10.6 Å². The summed E-state index contributed by atoms with van der Waals surface area (Å²) in [4.78, 5) is 15.7. The summed E-state index contributed by atoms with van der Waals surface area (Å²) in [5.41, 5.74) is 7.71. The molecule has 2 amide bonds. The molecule has 2 aromatic rings. The Bertz CT molecular complexity index is 586. The van der Waals surface area contributed by atoms with E-state index in [0.29, 0.717) is 6.54 Å². The summed E-state index contributed by atoms with van der Waals surface area (Å²) in [6.07, 6.45) is 1.01. The standard InChI is InChI=1S/C19H25N3O/c1-2-21(14-13-17-9-5-3-6-10-17)15-16-22(19(20)23)18-11-7-4-8-12-18/h3-12H,2,13-16H2,1H3,(H2,20,23). The largest absolute Gasteiger partial charge is 0.351 e. The van der Waals surface area contributed by atoms with E-state index in [1.54, 1.807) is 4.90 Å². The molecule has 4 nitrogen and oxygen atoms in total. The fraction of sp³-hybridized carbons (Fsp3) is 0.316. The zero-order valence-corrected chi connectivity index (χ0v) is 13.7. The zero-order chi connectivity index (χ0) is 16.5. The van der Waals surface area contributed by atoms with Crippen LogP contribution in [-0.2, 0) is 6.42 Å². The quantitative estimate of drug-likeness (QED) is 0.814. The van der Waals surface area contributed by atoms with Gasteiger partial charge in [0.1, 0.15) is 0 Å². The Labute approximate surface area is 138 Å². The molecule has 2 rings (SSSR count). The molecule has 0 aliphatic carbocycles. The Hall–Kier alpha value is -2.33. The second-order valence-corrected chi connectivity index (χ2v) is 5.50. The number of hydrogen-bond donors (Lipinski definition) is 1. The highest BCUT2D eigenvalue weighted by atomic mass is 16.2. The van der Waals surface area contributed by atoms with E-state index < -0.39 is 6.03 Å². The number of amides is 2. The van der Waals surface area contributed by atoms with Crippen LogP contribution in [0.2, 0.25) is 0 Å². The van der Waals surface area contributed by atoms with Gasteiger partial charge >= 0.3 is 6.03 Å². The highest BCUT2D eigenvalue weighted by Gasteiger charge is 2.13. The summed E-state index contributed by atoms with van der Waals surface area (Å²) in [6, 6.07) is 19.6. The summed E-state index contributed by atoms with van der Waals surface area (Å²) in [7, 11) is 0. The SMILES string of the molecule is CCN(CCc1ccccc1)CCN(C(N)=O)c1ccccc1. The van der Waals surface area contributed by atoms with Crippen molar-refractivity contribution in [3.8, 4) is 0 Å². The van der Waals surface area contributed by atoms with Gasteiger partial charge in [0.05, 0.1) is 0 Å². The predicted octanol–water partition coefficient (Wildman–Crippen LogP) is 3.14. The third-order valence-corrected chi connectivity index (χ3v) is 3.98. The van der Waals surface area contributed by atoms with Crippen LogP contribution in [0, 0.1) is 0 Å². The molecule has 0 saturated heterocycles. The highest BCUT2D eigenvalue weighted by molar-refractivity contribution is 5.90. The fourth-order valence-electron chi connectivity index (χ4n) is 2.58. The van der Waals surface area contributed by atoms with Gasteiger partial charge in [0.25, 0.3) is 0 Å². The Balaban J connectivity index is 1.89. The number of carbonyl (C=O) groups is 1. The minimum atomic E-state index is -0.407. The first-order valence-corrected chi connectivity index (χ1v) is 8.09. The first kappa shape index (κ1) is 17.0. The molecule has 0 aromatic heterocycles. The van der Waals surface area contributed by atoms with Gasteiger partial charge in [0, 0.05) is 25.3 Å². The van der Waals surface area contributed by atoms with Crippen LogP contribution in [0.4, 0.5) is 10.5 Å². The number of likely N-dealkylation sites (N-methyl/N-ethyl adjacent to an activating group) is 1. The Kier molecular flexibility index (Phi) is 6.63. The van der Waals surface area contributed by atoms with Crippen LogP contribution >= 0.6 is 0 Å². The van der Waals surface area contributed by atoms with E-state index >= 15 is 0 Å². The molecule has 122 valence electrons. The maximum atomic E-state index is 11.7. The van der Waals surface area contributed by atoms with Crippen molar-refractivity contribution in [1.29, 1.82) is 0 Å². The molecular weight excluding hydrogens is 286 g/mol. The summed E-state index contributed by atoms with van der Waals surface area (Å²) in [6.45, 7) is 5.47. The van der Waals surface area contributed by atoms with Gasteiger partial charge in [-0.1, -0.05) is 55.5 Å². The Morgan fingerprint density at radius 3 is 2.09 bits per heavy atom. The van der Waals surface area contributed by atoms with Crippen molar-refractivity contribution in [1.82, 2.24) is 4.90 Å². The predicted molar refractivity (Wildman–Crippen MR) is 95.6 cm³/mol. The maximum absolute atomic E-state index is 11.7. The molecule has 0 spiro atoms. The average molecular weight is 311 g/mol. The summed E-state index contributed by atoms with van der Waals surface area (Å²) in [5, 5.41) is 0. The third kappa shape index (κ3) is 5.42. The van der Waals surface area contributed by atoms with E-state index in [9.17, 15) is 4.79 Å². The van der Waals surface area contributed by atoms with Crippen molar-refractivity contribution in [2.24, 2.45) is 5.73 Å². The van der Waals surface area contributed by atoms with Gasteiger partial charge in [-0.05, 0) is 30.7 Å². The minimum Gasteiger partial charge on any atom is -0.351 e. The number of anilines is 1. The molecule has 0 aliphatic rings. The van der Waals surface area contributed by atoms with E-state index in [1.807, 2.05) is 36.4 Å². The molecule has 0 bridgehead atoms.